The third-order valence-corrected chi connectivity index (χ3v) is 2.41. The molecule has 1 aromatic heterocycles. The highest BCUT2D eigenvalue weighted by Gasteiger charge is 2.02. The lowest BCUT2D eigenvalue weighted by Gasteiger charge is -2.03. The molecular weight excluding hydrogens is 271 g/mol. The van der Waals surface area contributed by atoms with Crippen LogP contribution in [0.2, 0.25) is 0 Å². The summed E-state index contributed by atoms with van der Waals surface area (Å²) in [5, 5.41) is 7.45. The molecule has 1 aromatic carbocycles. The molecule has 100 valence electrons. The predicted octanol–water partition coefficient (Wildman–Crippen LogP) is 2.50. The van der Waals surface area contributed by atoms with E-state index in [9.17, 15) is 0 Å². The molecule has 0 bridgehead atoms. The molecule has 4 nitrogen and oxygen atoms in total. The van der Waals surface area contributed by atoms with Crippen LogP contribution < -0.4 is 11.1 Å². The lowest BCUT2D eigenvalue weighted by molar-refractivity contribution is 0.768. The number of anilines is 2. The molecule has 0 atom stereocenters. The smallest absolute Gasteiger partial charge is 0.171 e. The molecule has 1 heterocycles. The first kappa shape index (κ1) is 16.6. The van der Waals surface area contributed by atoms with Gasteiger partial charge in [-0.25, -0.2) is 0 Å². The zero-order valence-electron chi connectivity index (χ0n) is 10.2. The highest BCUT2D eigenvalue weighted by Crippen LogP contribution is 2.13. The van der Waals surface area contributed by atoms with Crippen LogP contribution in [0.15, 0.2) is 36.5 Å². The van der Waals surface area contributed by atoms with Gasteiger partial charge in [0.25, 0.3) is 0 Å². The second-order valence-corrected chi connectivity index (χ2v) is 3.77. The van der Waals surface area contributed by atoms with E-state index in [2.05, 4.69) is 22.5 Å². The fourth-order valence-corrected chi connectivity index (χ4v) is 1.61. The molecule has 0 amide bonds. The van der Waals surface area contributed by atoms with E-state index in [-0.39, 0.29) is 24.8 Å². The lowest BCUT2D eigenvalue weighted by Crippen LogP contribution is -2.07. The van der Waals surface area contributed by atoms with Crippen LogP contribution in [0.4, 0.5) is 11.5 Å². The summed E-state index contributed by atoms with van der Waals surface area (Å²) in [4.78, 5) is 0. The first-order valence-corrected chi connectivity index (χ1v) is 5.32. The molecule has 6 heteroatoms. The van der Waals surface area contributed by atoms with Crippen LogP contribution in [0.3, 0.4) is 0 Å². The number of rotatable bonds is 4. The van der Waals surface area contributed by atoms with E-state index in [0.717, 1.165) is 18.8 Å². The minimum atomic E-state index is 0. The van der Waals surface area contributed by atoms with Gasteiger partial charge < -0.3 is 11.1 Å². The van der Waals surface area contributed by atoms with E-state index < -0.39 is 0 Å². The van der Waals surface area contributed by atoms with E-state index in [1.807, 2.05) is 25.2 Å². The molecular formula is C12H18Cl2N4. The number of nitrogen functional groups attached to an aromatic ring is 1. The zero-order chi connectivity index (χ0) is 11.4. The molecule has 0 saturated heterocycles. The average molecular weight is 289 g/mol. The molecule has 2 rings (SSSR count). The van der Waals surface area contributed by atoms with Gasteiger partial charge in [0, 0.05) is 19.8 Å². The van der Waals surface area contributed by atoms with Crippen LogP contribution in [0.25, 0.3) is 0 Å². The summed E-state index contributed by atoms with van der Waals surface area (Å²) in [5.41, 5.74) is 7.78. The number of nitrogens with two attached hydrogens (primary N) is 1. The van der Waals surface area contributed by atoms with Crippen LogP contribution in [0.1, 0.15) is 5.56 Å². The molecule has 0 saturated carbocycles. The van der Waals surface area contributed by atoms with Crippen LogP contribution in [0.5, 0.6) is 0 Å². The van der Waals surface area contributed by atoms with Gasteiger partial charge in [0.05, 0.1) is 5.69 Å². The topological polar surface area (TPSA) is 55.9 Å². The number of aromatic nitrogens is 2. The van der Waals surface area contributed by atoms with Gasteiger partial charge >= 0.3 is 0 Å². The Morgan fingerprint density at radius 1 is 1.22 bits per heavy atom. The van der Waals surface area contributed by atoms with E-state index in [1.165, 1.54) is 5.56 Å². The number of benzene rings is 1. The Hall–Kier alpha value is -1.39. The Bertz CT molecular complexity index is 456. The molecule has 0 fully saturated rings. The minimum Gasteiger partial charge on any atom is -0.394 e. The Labute approximate surface area is 119 Å². The molecule has 0 radical (unpaired) electrons. The van der Waals surface area contributed by atoms with Gasteiger partial charge in [-0.1, -0.05) is 30.3 Å². The van der Waals surface area contributed by atoms with Crippen molar-refractivity contribution >= 4 is 36.3 Å². The molecule has 0 unspecified atom stereocenters. The number of hydrogen-bond acceptors (Lipinski definition) is 3. The second kappa shape index (κ2) is 7.84. The Morgan fingerprint density at radius 3 is 2.44 bits per heavy atom. The van der Waals surface area contributed by atoms with Crippen molar-refractivity contribution < 1.29 is 0 Å². The van der Waals surface area contributed by atoms with Crippen LogP contribution in [0, 0.1) is 0 Å². The SMILES string of the molecule is Cl.Cl.Cn1cc(N)c(NCCc2ccccc2)n1. The maximum absolute atomic E-state index is 5.78. The summed E-state index contributed by atoms with van der Waals surface area (Å²) in [7, 11) is 1.86. The summed E-state index contributed by atoms with van der Waals surface area (Å²) in [5.74, 6) is 0.762. The Kier molecular flexibility index (Phi) is 7.24. The van der Waals surface area contributed by atoms with Gasteiger partial charge in [0.2, 0.25) is 0 Å². The summed E-state index contributed by atoms with van der Waals surface area (Å²) < 4.78 is 1.71. The molecule has 0 aliphatic rings. The van der Waals surface area contributed by atoms with Crippen molar-refractivity contribution in [2.75, 3.05) is 17.6 Å². The minimum absolute atomic E-state index is 0. The van der Waals surface area contributed by atoms with Crippen molar-refractivity contribution in [3.63, 3.8) is 0 Å². The van der Waals surface area contributed by atoms with Crippen molar-refractivity contribution in [1.82, 2.24) is 9.78 Å². The van der Waals surface area contributed by atoms with Crippen molar-refractivity contribution in [3.05, 3.63) is 42.1 Å². The van der Waals surface area contributed by atoms with E-state index in [1.54, 1.807) is 10.9 Å². The Morgan fingerprint density at radius 2 is 1.89 bits per heavy atom. The largest absolute Gasteiger partial charge is 0.394 e. The predicted molar refractivity (Wildman–Crippen MR) is 80.8 cm³/mol. The number of aryl methyl sites for hydroxylation is 1. The second-order valence-electron chi connectivity index (χ2n) is 3.77. The van der Waals surface area contributed by atoms with Crippen LogP contribution >= 0.6 is 24.8 Å². The van der Waals surface area contributed by atoms with Gasteiger partial charge in [0.15, 0.2) is 5.82 Å². The standard InChI is InChI=1S/C12H16N4.2ClH/c1-16-9-11(13)12(15-16)14-8-7-10-5-3-2-4-6-10;;/h2-6,9H,7-8,13H2,1H3,(H,14,15);2*1H. The van der Waals surface area contributed by atoms with Gasteiger partial charge in [-0.05, 0) is 12.0 Å². The fraction of sp³-hybridized carbons (Fsp3) is 0.250. The highest BCUT2D eigenvalue weighted by molar-refractivity contribution is 5.85. The molecule has 0 aliphatic carbocycles. The maximum Gasteiger partial charge on any atom is 0.171 e. The van der Waals surface area contributed by atoms with Crippen LogP contribution in [-0.2, 0) is 13.5 Å². The van der Waals surface area contributed by atoms with Gasteiger partial charge in [-0.2, -0.15) is 5.10 Å². The third kappa shape index (κ3) is 4.47. The summed E-state index contributed by atoms with van der Waals surface area (Å²) in [6.07, 6.45) is 2.77. The fourth-order valence-electron chi connectivity index (χ4n) is 1.61. The van der Waals surface area contributed by atoms with Crippen molar-refractivity contribution in [3.8, 4) is 0 Å². The van der Waals surface area contributed by atoms with E-state index >= 15 is 0 Å². The zero-order valence-corrected chi connectivity index (χ0v) is 11.8. The van der Waals surface area contributed by atoms with Crippen LogP contribution in [-0.4, -0.2) is 16.3 Å². The van der Waals surface area contributed by atoms with Crippen molar-refractivity contribution in [2.45, 2.75) is 6.42 Å². The lowest BCUT2D eigenvalue weighted by atomic mass is 10.1. The number of hydrogen-bond donors (Lipinski definition) is 2. The summed E-state index contributed by atoms with van der Waals surface area (Å²) >= 11 is 0. The van der Waals surface area contributed by atoms with E-state index in [0.29, 0.717) is 5.69 Å². The van der Waals surface area contributed by atoms with Gasteiger partial charge in [-0.15, -0.1) is 24.8 Å². The summed E-state index contributed by atoms with van der Waals surface area (Å²) in [6.45, 7) is 0.839. The first-order chi connectivity index (χ1) is 7.75. The average Bonchev–Trinajstić information content (AvgIpc) is 2.59. The molecule has 2 aromatic rings. The first-order valence-electron chi connectivity index (χ1n) is 5.32. The summed E-state index contributed by atoms with van der Waals surface area (Å²) in [6, 6.07) is 10.3. The molecule has 0 aliphatic heterocycles. The molecule has 0 spiro atoms. The molecule has 3 N–H and O–H groups in total. The highest BCUT2D eigenvalue weighted by atomic mass is 35.5. The molecule has 18 heavy (non-hydrogen) atoms. The maximum atomic E-state index is 5.78. The van der Waals surface area contributed by atoms with Crippen molar-refractivity contribution in [1.29, 1.82) is 0 Å². The number of halogens is 2. The van der Waals surface area contributed by atoms with Gasteiger partial charge in [0.1, 0.15) is 0 Å². The van der Waals surface area contributed by atoms with Crippen molar-refractivity contribution in [2.24, 2.45) is 7.05 Å². The Balaban J connectivity index is 0.00000144. The number of nitrogens with one attached hydrogen (secondary N) is 1. The number of nitrogens with zero attached hydrogens (tertiary/aromatic N) is 2. The third-order valence-electron chi connectivity index (χ3n) is 2.41. The quantitative estimate of drug-likeness (QED) is 0.909. The van der Waals surface area contributed by atoms with E-state index in [4.69, 9.17) is 5.73 Å². The van der Waals surface area contributed by atoms with Gasteiger partial charge in [-0.3, -0.25) is 4.68 Å². The monoisotopic (exact) mass is 288 g/mol. The normalized spacial score (nSPS) is 9.17.